The minimum Gasteiger partial charge on any atom is -0.166 e. The summed E-state index contributed by atoms with van der Waals surface area (Å²) in [5.41, 5.74) is 7.56. The Bertz CT molecular complexity index is 3630. The first-order valence-electron chi connectivity index (χ1n) is 21.0. The second-order valence-electron chi connectivity index (χ2n) is 16.6. The van der Waals surface area contributed by atoms with Crippen LogP contribution in [0.4, 0.5) is 26.3 Å². The van der Waals surface area contributed by atoms with Crippen molar-refractivity contribution in [2.75, 3.05) is 0 Å². The van der Waals surface area contributed by atoms with Gasteiger partial charge in [0.1, 0.15) is 0 Å². The zero-order valence-corrected chi connectivity index (χ0v) is 33.7. The Morgan fingerprint density at radius 2 is 0.625 bits per heavy atom. The topological polar surface area (TPSA) is 0 Å². The van der Waals surface area contributed by atoms with Crippen LogP contribution in [0.3, 0.4) is 0 Å². The molecule has 0 aliphatic rings. The van der Waals surface area contributed by atoms with Crippen LogP contribution in [-0.4, -0.2) is 0 Å². The molecule has 12 aromatic carbocycles. The average molecular weight is 843 g/mol. The molecule has 12 aromatic rings. The Labute approximate surface area is 362 Å². The number of rotatable bonds is 5. The quantitative estimate of drug-likeness (QED) is 0.120. The maximum atomic E-state index is 13.9. The highest BCUT2D eigenvalue weighted by molar-refractivity contribution is 6.33. The molecule has 64 heavy (non-hydrogen) atoms. The van der Waals surface area contributed by atoms with Crippen molar-refractivity contribution in [3.8, 4) is 55.6 Å². The number of hydrogen-bond donors (Lipinski definition) is 0. The number of hydrogen-bond acceptors (Lipinski definition) is 0. The molecule has 0 N–H and O–H groups in total. The molecule has 0 heterocycles. The van der Waals surface area contributed by atoms with E-state index in [4.69, 9.17) is 0 Å². The highest BCUT2D eigenvalue weighted by Gasteiger charge is 2.31. The van der Waals surface area contributed by atoms with Gasteiger partial charge in [0, 0.05) is 0 Å². The molecule has 0 bridgehead atoms. The van der Waals surface area contributed by atoms with E-state index in [1.54, 1.807) is 0 Å². The fourth-order valence-electron chi connectivity index (χ4n) is 10.1. The third kappa shape index (κ3) is 5.93. The van der Waals surface area contributed by atoms with Gasteiger partial charge in [-0.15, -0.1) is 0 Å². The first kappa shape index (κ1) is 38.0. The van der Waals surface area contributed by atoms with Gasteiger partial charge in [-0.05, 0) is 181 Å². The lowest BCUT2D eigenvalue weighted by molar-refractivity contribution is -0.138. The molecule has 0 unspecified atom stereocenters. The normalized spacial score (nSPS) is 12.5. The van der Waals surface area contributed by atoms with Crippen molar-refractivity contribution in [1.29, 1.82) is 0 Å². The van der Waals surface area contributed by atoms with E-state index in [1.165, 1.54) is 35.0 Å². The summed E-state index contributed by atoms with van der Waals surface area (Å²) in [4.78, 5) is 0. The lowest BCUT2D eigenvalue weighted by atomic mass is 9.81. The molecule has 306 valence electrons. The van der Waals surface area contributed by atoms with Gasteiger partial charge in [0.2, 0.25) is 0 Å². The fourth-order valence-corrected chi connectivity index (χ4v) is 10.1. The van der Waals surface area contributed by atoms with E-state index in [1.807, 2.05) is 36.4 Å². The second-order valence-corrected chi connectivity index (χ2v) is 16.6. The van der Waals surface area contributed by atoms with Crippen molar-refractivity contribution < 1.29 is 26.3 Å². The molecular formula is C58H32F6. The van der Waals surface area contributed by atoms with Gasteiger partial charge >= 0.3 is 12.4 Å². The van der Waals surface area contributed by atoms with Crippen molar-refractivity contribution >= 4 is 64.6 Å². The lowest BCUT2D eigenvalue weighted by Gasteiger charge is -2.22. The second kappa shape index (κ2) is 13.9. The van der Waals surface area contributed by atoms with Crippen LogP contribution in [0.2, 0.25) is 0 Å². The summed E-state index contributed by atoms with van der Waals surface area (Å²) in [7, 11) is 0. The fraction of sp³-hybridized carbons (Fsp3) is 0.0345. The molecule has 0 amide bonds. The first-order valence-corrected chi connectivity index (χ1v) is 21.0. The lowest BCUT2D eigenvalue weighted by Crippen LogP contribution is -2.04. The Morgan fingerprint density at radius 3 is 1.11 bits per heavy atom. The van der Waals surface area contributed by atoms with Gasteiger partial charge in [-0.3, -0.25) is 0 Å². The van der Waals surface area contributed by atoms with Crippen LogP contribution in [0.25, 0.3) is 120 Å². The minimum atomic E-state index is -4.50. The van der Waals surface area contributed by atoms with Crippen molar-refractivity contribution in [3.05, 3.63) is 205 Å². The van der Waals surface area contributed by atoms with E-state index in [2.05, 4.69) is 109 Å². The van der Waals surface area contributed by atoms with E-state index < -0.39 is 23.5 Å². The van der Waals surface area contributed by atoms with E-state index >= 15 is 0 Å². The molecule has 0 aliphatic heterocycles. The van der Waals surface area contributed by atoms with E-state index in [0.29, 0.717) is 11.1 Å². The third-order valence-corrected chi connectivity index (χ3v) is 13.0. The summed E-state index contributed by atoms with van der Waals surface area (Å²) < 4.78 is 82.8. The van der Waals surface area contributed by atoms with Crippen molar-refractivity contribution in [3.63, 3.8) is 0 Å². The van der Waals surface area contributed by atoms with Gasteiger partial charge in [-0.25, -0.2) is 0 Å². The standard InChI is InChI=1S/C58H32F6/c59-57(60,61)41-22-17-35(18-23-41)46-29-39-21-26-43(52-32-49(36-19-24-42(25-20-36)58(62,63)64)45-16-8-15-44(46)55(45)54(39)52)40-30-50-47(33-9-3-1-4-10-33)27-37-13-7-14-38-28-48(34-11-5-2-6-12-34)51(31-40)56(50)53(37)38/h1-32H. The molecule has 0 fully saturated rings. The van der Waals surface area contributed by atoms with Crippen molar-refractivity contribution in [2.24, 2.45) is 0 Å². The summed E-state index contributed by atoms with van der Waals surface area (Å²) in [6.45, 7) is 0. The molecule has 0 spiro atoms. The van der Waals surface area contributed by atoms with Crippen LogP contribution >= 0.6 is 0 Å². The summed E-state index contributed by atoms with van der Waals surface area (Å²) in [5.74, 6) is 0. The maximum absolute atomic E-state index is 13.9. The third-order valence-electron chi connectivity index (χ3n) is 13.0. The van der Waals surface area contributed by atoms with Crippen LogP contribution in [0.1, 0.15) is 11.1 Å². The van der Waals surface area contributed by atoms with Crippen LogP contribution < -0.4 is 0 Å². The predicted molar refractivity (Wildman–Crippen MR) is 251 cm³/mol. The molecule has 0 radical (unpaired) electrons. The molecule has 0 aliphatic carbocycles. The Hall–Kier alpha value is -7.70. The van der Waals surface area contributed by atoms with Gasteiger partial charge in [-0.2, -0.15) is 26.3 Å². The minimum absolute atomic E-state index is 0.613. The summed E-state index contributed by atoms with van der Waals surface area (Å²) in [5, 5.41) is 12.1. The molecular weight excluding hydrogens is 811 g/mol. The molecule has 0 saturated heterocycles. The number of benzene rings is 12. The monoisotopic (exact) mass is 842 g/mol. The maximum Gasteiger partial charge on any atom is 0.416 e. The van der Waals surface area contributed by atoms with E-state index in [-0.39, 0.29) is 0 Å². The van der Waals surface area contributed by atoms with E-state index in [9.17, 15) is 26.3 Å². The van der Waals surface area contributed by atoms with Gasteiger partial charge in [0.25, 0.3) is 0 Å². The van der Waals surface area contributed by atoms with Crippen LogP contribution in [-0.2, 0) is 12.4 Å². The first-order chi connectivity index (χ1) is 31.0. The van der Waals surface area contributed by atoms with Crippen molar-refractivity contribution in [2.45, 2.75) is 12.4 Å². The summed E-state index contributed by atoms with van der Waals surface area (Å²) in [6.07, 6.45) is -8.99. The summed E-state index contributed by atoms with van der Waals surface area (Å²) in [6, 6.07) is 61.0. The van der Waals surface area contributed by atoms with Gasteiger partial charge in [-0.1, -0.05) is 133 Å². The van der Waals surface area contributed by atoms with Crippen molar-refractivity contribution in [1.82, 2.24) is 0 Å². The molecule has 0 atom stereocenters. The van der Waals surface area contributed by atoms with E-state index in [0.717, 1.165) is 123 Å². The molecule has 0 aromatic heterocycles. The summed E-state index contributed by atoms with van der Waals surface area (Å²) >= 11 is 0. The highest BCUT2D eigenvalue weighted by Crippen LogP contribution is 2.50. The van der Waals surface area contributed by atoms with Gasteiger partial charge in [0.15, 0.2) is 0 Å². The molecule has 12 rings (SSSR count). The van der Waals surface area contributed by atoms with Gasteiger partial charge in [0.05, 0.1) is 11.1 Å². The number of halogens is 6. The van der Waals surface area contributed by atoms with Crippen LogP contribution in [0.15, 0.2) is 194 Å². The molecule has 0 saturated carbocycles. The smallest absolute Gasteiger partial charge is 0.166 e. The Balaban J connectivity index is 1.20. The number of alkyl halides is 6. The SMILES string of the molecule is FC(F)(F)c1ccc(-c2cc3ccc(-c4cc5c(-c6ccccc6)cc6cccc7cc(-c8ccccc8)c(c4)c5c67)c4cc(-c5ccc(C(F)(F)F)cc5)c5cccc2c5c34)cc1. The largest absolute Gasteiger partial charge is 0.416 e. The van der Waals surface area contributed by atoms with Crippen LogP contribution in [0.5, 0.6) is 0 Å². The Kier molecular flexibility index (Phi) is 8.26. The zero-order chi connectivity index (χ0) is 43.5. The van der Waals surface area contributed by atoms with Gasteiger partial charge < -0.3 is 0 Å². The molecule has 0 nitrogen and oxygen atoms in total. The average Bonchev–Trinajstić information content (AvgIpc) is 3.31. The zero-order valence-electron chi connectivity index (χ0n) is 33.7. The molecule has 6 heteroatoms. The predicted octanol–water partition coefficient (Wildman–Crippen LogP) is 17.9. The Morgan fingerprint density at radius 1 is 0.234 bits per heavy atom. The highest BCUT2D eigenvalue weighted by atomic mass is 19.4. The van der Waals surface area contributed by atoms with Crippen LogP contribution in [0, 0.1) is 0 Å².